The second kappa shape index (κ2) is 8.33. The molecule has 0 aromatic carbocycles. The summed E-state index contributed by atoms with van der Waals surface area (Å²) in [6.45, 7) is 9.31. The first-order valence-electron chi connectivity index (χ1n) is 8.68. The number of urea groups is 1. The first-order valence-corrected chi connectivity index (χ1v) is 8.68. The van der Waals surface area contributed by atoms with Crippen LogP contribution in [0.1, 0.15) is 33.6 Å². The Morgan fingerprint density at radius 3 is 2.79 bits per heavy atom. The number of carbonyl (C=O) groups excluding carboxylic acids is 1. The molecular formula is C18H30N4O2. The molecule has 0 radical (unpaired) electrons. The van der Waals surface area contributed by atoms with Crippen molar-refractivity contribution in [2.75, 3.05) is 38.2 Å². The third kappa shape index (κ3) is 5.37. The Bertz CT molecular complexity index is 521. The van der Waals surface area contributed by atoms with Gasteiger partial charge in [0, 0.05) is 45.5 Å². The number of aromatic nitrogens is 1. The van der Waals surface area contributed by atoms with E-state index in [1.165, 1.54) is 0 Å². The first-order chi connectivity index (χ1) is 11.4. The third-order valence-electron chi connectivity index (χ3n) is 4.48. The highest BCUT2D eigenvalue weighted by Crippen LogP contribution is 2.16. The van der Waals surface area contributed by atoms with Crippen molar-refractivity contribution in [1.82, 2.24) is 15.2 Å². The van der Waals surface area contributed by atoms with Crippen LogP contribution >= 0.6 is 0 Å². The summed E-state index contributed by atoms with van der Waals surface area (Å²) in [6.07, 6.45) is 3.54. The average molecular weight is 334 g/mol. The second-order valence-electron chi connectivity index (χ2n) is 7.03. The molecule has 1 atom stereocenters. The maximum absolute atomic E-state index is 12.5. The van der Waals surface area contributed by atoms with E-state index in [1.807, 2.05) is 50.1 Å². The summed E-state index contributed by atoms with van der Waals surface area (Å²) < 4.78 is 5.44. The van der Waals surface area contributed by atoms with Gasteiger partial charge in [-0.05, 0) is 45.7 Å². The minimum atomic E-state index is -0.235. The van der Waals surface area contributed by atoms with Crippen LogP contribution in [0.2, 0.25) is 0 Å². The van der Waals surface area contributed by atoms with Crippen molar-refractivity contribution in [3.63, 3.8) is 0 Å². The van der Waals surface area contributed by atoms with Gasteiger partial charge in [0.05, 0.1) is 5.60 Å². The SMILES string of the molecule is COC(C)(C)CC(C)NC(=O)N1CCCN(c2ccccn2)CC1. The van der Waals surface area contributed by atoms with Crippen LogP contribution in [0.5, 0.6) is 0 Å². The minimum Gasteiger partial charge on any atom is -0.379 e. The van der Waals surface area contributed by atoms with Crippen molar-refractivity contribution >= 4 is 11.8 Å². The second-order valence-corrected chi connectivity index (χ2v) is 7.03. The number of nitrogens with one attached hydrogen (secondary N) is 1. The lowest BCUT2D eigenvalue weighted by Crippen LogP contribution is -2.47. The maximum atomic E-state index is 12.5. The normalized spacial score (nSPS) is 17.3. The van der Waals surface area contributed by atoms with E-state index < -0.39 is 0 Å². The molecule has 0 aliphatic carbocycles. The zero-order valence-corrected chi connectivity index (χ0v) is 15.3. The summed E-state index contributed by atoms with van der Waals surface area (Å²) >= 11 is 0. The number of rotatable bonds is 5. The van der Waals surface area contributed by atoms with E-state index >= 15 is 0 Å². The molecule has 1 aromatic rings. The standard InChI is InChI=1S/C18H30N4O2/c1-15(14-18(2,3)24-4)20-17(23)22-11-7-10-21(12-13-22)16-8-5-6-9-19-16/h5-6,8-9,15H,7,10-14H2,1-4H3,(H,20,23). The Labute approximate surface area is 145 Å². The van der Waals surface area contributed by atoms with Gasteiger partial charge in [-0.2, -0.15) is 0 Å². The number of nitrogens with zero attached hydrogens (tertiary/aromatic N) is 3. The molecule has 1 aliphatic rings. The minimum absolute atomic E-state index is 0.0114. The van der Waals surface area contributed by atoms with Crippen LogP contribution in [-0.4, -0.2) is 60.8 Å². The predicted octanol–water partition coefficient (Wildman–Crippen LogP) is 2.51. The Morgan fingerprint density at radius 2 is 2.12 bits per heavy atom. The molecule has 1 saturated heterocycles. The number of anilines is 1. The Kier molecular flexibility index (Phi) is 6.43. The van der Waals surface area contributed by atoms with Gasteiger partial charge in [0.1, 0.15) is 5.82 Å². The molecule has 1 unspecified atom stereocenters. The Morgan fingerprint density at radius 1 is 1.33 bits per heavy atom. The lowest BCUT2D eigenvalue weighted by atomic mass is 10.00. The highest BCUT2D eigenvalue weighted by atomic mass is 16.5. The molecule has 0 saturated carbocycles. The van der Waals surface area contributed by atoms with E-state index in [0.717, 1.165) is 38.3 Å². The van der Waals surface area contributed by atoms with Gasteiger partial charge < -0.3 is 19.9 Å². The van der Waals surface area contributed by atoms with Gasteiger partial charge in [-0.25, -0.2) is 9.78 Å². The molecule has 0 spiro atoms. The van der Waals surface area contributed by atoms with Gasteiger partial charge in [-0.3, -0.25) is 0 Å². The zero-order chi connectivity index (χ0) is 17.6. The summed E-state index contributed by atoms with van der Waals surface area (Å²) in [5.74, 6) is 0.981. The molecule has 6 heteroatoms. The first kappa shape index (κ1) is 18.5. The van der Waals surface area contributed by atoms with E-state index in [4.69, 9.17) is 4.74 Å². The van der Waals surface area contributed by atoms with Crippen LogP contribution in [0.3, 0.4) is 0 Å². The molecule has 1 fully saturated rings. The van der Waals surface area contributed by atoms with Gasteiger partial charge in [0.15, 0.2) is 0 Å². The van der Waals surface area contributed by atoms with Gasteiger partial charge in [0.25, 0.3) is 0 Å². The fraction of sp³-hybridized carbons (Fsp3) is 0.667. The van der Waals surface area contributed by atoms with Crippen LogP contribution in [0, 0.1) is 0 Å². The number of pyridine rings is 1. The topological polar surface area (TPSA) is 57.7 Å². The van der Waals surface area contributed by atoms with Crippen molar-refractivity contribution in [2.45, 2.75) is 45.3 Å². The number of hydrogen-bond acceptors (Lipinski definition) is 4. The third-order valence-corrected chi connectivity index (χ3v) is 4.48. The van der Waals surface area contributed by atoms with Gasteiger partial charge in [-0.15, -0.1) is 0 Å². The Balaban J connectivity index is 1.85. The van der Waals surface area contributed by atoms with E-state index in [-0.39, 0.29) is 17.7 Å². The summed E-state index contributed by atoms with van der Waals surface area (Å²) in [5, 5.41) is 3.10. The van der Waals surface area contributed by atoms with Crippen LogP contribution in [-0.2, 0) is 4.74 Å². The summed E-state index contributed by atoms with van der Waals surface area (Å²) in [5.41, 5.74) is -0.235. The molecule has 134 valence electrons. The summed E-state index contributed by atoms with van der Waals surface area (Å²) in [7, 11) is 1.70. The molecule has 1 aromatic heterocycles. The number of hydrogen-bond donors (Lipinski definition) is 1. The van der Waals surface area contributed by atoms with Crippen LogP contribution in [0.25, 0.3) is 0 Å². The van der Waals surface area contributed by atoms with Gasteiger partial charge in [-0.1, -0.05) is 6.07 Å². The molecule has 2 rings (SSSR count). The van der Waals surface area contributed by atoms with E-state index in [0.29, 0.717) is 6.54 Å². The van der Waals surface area contributed by atoms with Crippen molar-refractivity contribution in [3.8, 4) is 0 Å². The van der Waals surface area contributed by atoms with E-state index in [9.17, 15) is 4.79 Å². The fourth-order valence-electron chi connectivity index (χ4n) is 3.06. The molecule has 6 nitrogen and oxygen atoms in total. The highest BCUT2D eigenvalue weighted by Gasteiger charge is 2.24. The molecule has 1 aliphatic heterocycles. The van der Waals surface area contributed by atoms with Crippen molar-refractivity contribution in [2.24, 2.45) is 0 Å². The smallest absolute Gasteiger partial charge is 0.317 e. The van der Waals surface area contributed by atoms with Crippen LogP contribution in [0.4, 0.5) is 10.6 Å². The fourth-order valence-corrected chi connectivity index (χ4v) is 3.06. The monoisotopic (exact) mass is 334 g/mol. The largest absolute Gasteiger partial charge is 0.379 e. The van der Waals surface area contributed by atoms with Gasteiger partial charge in [0.2, 0.25) is 0 Å². The van der Waals surface area contributed by atoms with Crippen LogP contribution in [0.15, 0.2) is 24.4 Å². The molecule has 2 amide bonds. The summed E-state index contributed by atoms with van der Waals surface area (Å²) in [4.78, 5) is 21.1. The van der Waals surface area contributed by atoms with Crippen molar-refractivity contribution < 1.29 is 9.53 Å². The number of amides is 2. The lowest BCUT2D eigenvalue weighted by molar-refractivity contribution is 0.00916. The molecule has 1 N–H and O–H groups in total. The highest BCUT2D eigenvalue weighted by molar-refractivity contribution is 5.74. The van der Waals surface area contributed by atoms with Crippen molar-refractivity contribution in [1.29, 1.82) is 0 Å². The molecular weight excluding hydrogens is 304 g/mol. The molecule has 2 heterocycles. The molecule has 0 bridgehead atoms. The Hall–Kier alpha value is -1.82. The number of ether oxygens (including phenoxy) is 1. The lowest BCUT2D eigenvalue weighted by Gasteiger charge is -2.29. The zero-order valence-electron chi connectivity index (χ0n) is 15.3. The van der Waals surface area contributed by atoms with Crippen molar-refractivity contribution in [3.05, 3.63) is 24.4 Å². The summed E-state index contributed by atoms with van der Waals surface area (Å²) in [6, 6.07) is 6.02. The van der Waals surface area contributed by atoms with Gasteiger partial charge >= 0.3 is 6.03 Å². The number of carbonyl (C=O) groups is 1. The van der Waals surface area contributed by atoms with E-state index in [2.05, 4.69) is 15.2 Å². The average Bonchev–Trinajstić information content (AvgIpc) is 2.81. The molecule has 24 heavy (non-hydrogen) atoms. The number of methoxy groups -OCH3 is 1. The predicted molar refractivity (Wildman–Crippen MR) is 96.3 cm³/mol. The van der Waals surface area contributed by atoms with E-state index in [1.54, 1.807) is 7.11 Å². The maximum Gasteiger partial charge on any atom is 0.317 e. The quantitative estimate of drug-likeness (QED) is 0.899. The van der Waals surface area contributed by atoms with Crippen LogP contribution < -0.4 is 10.2 Å².